The normalized spacial score (nSPS) is 15.8. The summed E-state index contributed by atoms with van der Waals surface area (Å²) >= 11 is 0. The van der Waals surface area contributed by atoms with Crippen LogP contribution in [-0.2, 0) is 0 Å². The quantitative estimate of drug-likeness (QED) is 0.775. The highest BCUT2D eigenvalue weighted by molar-refractivity contribution is 5.96. The third-order valence-electron chi connectivity index (χ3n) is 4.68. The van der Waals surface area contributed by atoms with E-state index in [1.165, 1.54) is 12.1 Å². The van der Waals surface area contributed by atoms with Crippen molar-refractivity contribution in [2.45, 2.75) is 18.8 Å². The van der Waals surface area contributed by atoms with Gasteiger partial charge in [0.2, 0.25) is 0 Å². The number of nitrogens with one attached hydrogen (secondary N) is 2. The summed E-state index contributed by atoms with van der Waals surface area (Å²) in [6, 6.07) is 6.47. The van der Waals surface area contributed by atoms with Gasteiger partial charge in [0.15, 0.2) is 5.65 Å². The molecule has 124 valence electrons. The van der Waals surface area contributed by atoms with Crippen LogP contribution < -0.4 is 10.1 Å². The molecule has 2 aromatic heterocycles. The summed E-state index contributed by atoms with van der Waals surface area (Å²) in [6.07, 6.45) is 3.80. The highest BCUT2D eigenvalue weighted by Gasteiger charge is 2.23. The van der Waals surface area contributed by atoms with Crippen LogP contribution in [0.4, 0.5) is 4.39 Å². The first-order chi connectivity index (χ1) is 11.8. The second-order valence-corrected chi connectivity index (χ2v) is 6.06. The van der Waals surface area contributed by atoms with Gasteiger partial charge in [-0.05, 0) is 55.8 Å². The van der Waals surface area contributed by atoms with Crippen LogP contribution in [0.3, 0.4) is 0 Å². The molecular formula is C18H19FN4O. The standard InChI is InChI=1S/C18H19FN4O/c1-24-15-3-2-12(19)10-14(15)13-6-9-21-18-16(13)17(22-23-18)11-4-7-20-8-5-11/h2-3,6,9-11,20H,4-5,7-8H2,1H3,(H,21,22,23). The van der Waals surface area contributed by atoms with E-state index in [0.717, 1.165) is 48.1 Å². The lowest BCUT2D eigenvalue weighted by Gasteiger charge is -2.22. The summed E-state index contributed by atoms with van der Waals surface area (Å²) in [4.78, 5) is 4.37. The molecule has 1 aliphatic rings. The van der Waals surface area contributed by atoms with Crippen molar-refractivity contribution in [3.8, 4) is 16.9 Å². The molecule has 1 aromatic carbocycles. The second-order valence-electron chi connectivity index (χ2n) is 6.06. The number of ether oxygens (including phenoxy) is 1. The molecule has 3 aromatic rings. The zero-order valence-electron chi connectivity index (χ0n) is 13.5. The molecule has 0 bridgehead atoms. The van der Waals surface area contributed by atoms with Crippen molar-refractivity contribution >= 4 is 11.0 Å². The molecule has 3 heterocycles. The molecule has 1 fully saturated rings. The van der Waals surface area contributed by atoms with Gasteiger partial charge in [-0.25, -0.2) is 9.37 Å². The molecule has 2 N–H and O–H groups in total. The topological polar surface area (TPSA) is 62.8 Å². The lowest BCUT2D eigenvalue weighted by Crippen LogP contribution is -2.26. The Morgan fingerprint density at radius 3 is 2.79 bits per heavy atom. The van der Waals surface area contributed by atoms with E-state index in [0.29, 0.717) is 17.3 Å². The summed E-state index contributed by atoms with van der Waals surface area (Å²) < 4.78 is 19.3. The Balaban J connectivity index is 1.93. The van der Waals surface area contributed by atoms with Crippen LogP contribution in [0.1, 0.15) is 24.5 Å². The van der Waals surface area contributed by atoms with E-state index in [1.807, 2.05) is 6.07 Å². The maximum atomic E-state index is 13.8. The van der Waals surface area contributed by atoms with Gasteiger partial charge in [0, 0.05) is 23.4 Å². The van der Waals surface area contributed by atoms with Crippen LogP contribution in [0.15, 0.2) is 30.5 Å². The smallest absolute Gasteiger partial charge is 0.181 e. The van der Waals surface area contributed by atoms with Gasteiger partial charge in [-0.1, -0.05) is 0 Å². The zero-order valence-corrected chi connectivity index (χ0v) is 13.5. The zero-order chi connectivity index (χ0) is 16.5. The Kier molecular flexibility index (Phi) is 3.90. The van der Waals surface area contributed by atoms with E-state index >= 15 is 0 Å². The minimum atomic E-state index is -0.289. The van der Waals surface area contributed by atoms with E-state index in [4.69, 9.17) is 4.74 Å². The molecular weight excluding hydrogens is 307 g/mol. The van der Waals surface area contributed by atoms with Crippen molar-refractivity contribution in [1.29, 1.82) is 0 Å². The van der Waals surface area contributed by atoms with Crippen LogP contribution >= 0.6 is 0 Å². The number of methoxy groups -OCH3 is 1. The monoisotopic (exact) mass is 326 g/mol. The number of hydrogen-bond acceptors (Lipinski definition) is 4. The largest absolute Gasteiger partial charge is 0.496 e. The summed E-state index contributed by atoms with van der Waals surface area (Å²) in [5.41, 5.74) is 3.37. The van der Waals surface area contributed by atoms with E-state index in [-0.39, 0.29) is 5.82 Å². The van der Waals surface area contributed by atoms with Crippen LogP contribution in [-0.4, -0.2) is 35.4 Å². The van der Waals surface area contributed by atoms with Gasteiger partial charge in [-0.3, -0.25) is 5.10 Å². The van der Waals surface area contributed by atoms with Gasteiger partial charge in [0.05, 0.1) is 12.5 Å². The highest BCUT2D eigenvalue weighted by atomic mass is 19.1. The van der Waals surface area contributed by atoms with E-state index in [9.17, 15) is 4.39 Å². The molecule has 0 atom stereocenters. The van der Waals surface area contributed by atoms with Gasteiger partial charge < -0.3 is 10.1 Å². The average molecular weight is 326 g/mol. The molecule has 0 saturated carbocycles. The summed E-state index contributed by atoms with van der Waals surface area (Å²) in [7, 11) is 1.60. The van der Waals surface area contributed by atoms with Crippen molar-refractivity contribution in [3.05, 3.63) is 42.0 Å². The summed E-state index contributed by atoms with van der Waals surface area (Å²) in [5.74, 6) is 0.753. The van der Waals surface area contributed by atoms with Crippen LogP contribution in [0.5, 0.6) is 5.75 Å². The minimum Gasteiger partial charge on any atom is -0.496 e. The Bertz CT molecular complexity index is 871. The van der Waals surface area contributed by atoms with Crippen LogP contribution in [0, 0.1) is 5.82 Å². The minimum absolute atomic E-state index is 0.289. The number of aromatic nitrogens is 3. The van der Waals surface area contributed by atoms with Gasteiger partial charge in [-0.15, -0.1) is 0 Å². The molecule has 1 saturated heterocycles. The highest BCUT2D eigenvalue weighted by Crippen LogP contribution is 2.38. The Morgan fingerprint density at radius 2 is 2.00 bits per heavy atom. The lowest BCUT2D eigenvalue weighted by atomic mass is 9.90. The number of H-pyrrole nitrogens is 1. The number of pyridine rings is 1. The Labute approximate surface area is 139 Å². The van der Waals surface area contributed by atoms with Gasteiger partial charge in [0.25, 0.3) is 0 Å². The number of halogens is 1. The first kappa shape index (κ1) is 15.1. The maximum absolute atomic E-state index is 13.8. The Morgan fingerprint density at radius 1 is 1.17 bits per heavy atom. The first-order valence-electron chi connectivity index (χ1n) is 8.15. The molecule has 6 heteroatoms. The van der Waals surface area contributed by atoms with Crippen molar-refractivity contribution < 1.29 is 9.13 Å². The molecule has 24 heavy (non-hydrogen) atoms. The van der Waals surface area contributed by atoms with Crippen molar-refractivity contribution in [3.63, 3.8) is 0 Å². The fourth-order valence-corrected chi connectivity index (χ4v) is 3.49. The number of piperidine rings is 1. The van der Waals surface area contributed by atoms with Gasteiger partial charge in [-0.2, -0.15) is 5.10 Å². The maximum Gasteiger partial charge on any atom is 0.181 e. The molecule has 0 unspecified atom stereocenters. The average Bonchev–Trinajstić information content (AvgIpc) is 3.06. The third-order valence-corrected chi connectivity index (χ3v) is 4.68. The van der Waals surface area contributed by atoms with Crippen molar-refractivity contribution in [2.24, 2.45) is 0 Å². The van der Waals surface area contributed by atoms with E-state index in [2.05, 4.69) is 20.5 Å². The molecule has 0 amide bonds. The molecule has 0 radical (unpaired) electrons. The molecule has 0 spiro atoms. The summed E-state index contributed by atoms with van der Waals surface area (Å²) in [5, 5.41) is 11.9. The first-order valence-corrected chi connectivity index (χ1v) is 8.15. The van der Waals surface area contributed by atoms with Crippen LogP contribution in [0.25, 0.3) is 22.2 Å². The van der Waals surface area contributed by atoms with Gasteiger partial charge in [0.1, 0.15) is 11.6 Å². The molecule has 5 nitrogen and oxygen atoms in total. The van der Waals surface area contributed by atoms with Crippen molar-refractivity contribution in [1.82, 2.24) is 20.5 Å². The summed E-state index contributed by atoms with van der Waals surface area (Å²) in [6.45, 7) is 1.98. The lowest BCUT2D eigenvalue weighted by molar-refractivity contribution is 0.415. The predicted molar refractivity (Wildman–Crippen MR) is 90.7 cm³/mol. The fraction of sp³-hybridized carbons (Fsp3) is 0.333. The SMILES string of the molecule is COc1ccc(F)cc1-c1ccnc2n[nH]c(C3CCNCC3)c12. The van der Waals surface area contributed by atoms with E-state index in [1.54, 1.807) is 19.4 Å². The predicted octanol–water partition coefficient (Wildman–Crippen LogP) is 3.24. The second kappa shape index (κ2) is 6.20. The molecule has 4 rings (SSSR count). The Hall–Kier alpha value is -2.47. The fourth-order valence-electron chi connectivity index (χ4n) is 3.49. The number of fused-ring (bicyclic) bond motifs is 1. The number of aromatic amines is 1. The number of hydrogen-bond donors (Lipinski definition) is 2. The molecule has 1 aliphatic heterocycles. The number of nitrogens with zero attached hydrogens (tertiary/aromatic N) is 2. The number of benzene rings is 1. The third kappa shape index (κ3) is 2.53. The van der Waals surface area contributed by atoms with Gasteiger partial charge >= 0.3 is 0 Å². The van der Waals surface area contributed by atoms with Crippen molar-refractivity contribution in [2.75, 3.05) is 20.2 Å². The molecule has 0 aliphatic carbocycles. The van der Waals surface area contributed by atoms with Crippen LogP contribution in [0.2, 0.25) is 0 Å². The number of rotatable bonds is 3. The van der Waals surface area contributed by atoms with E-state index < -0.39 is 0 Å².